The molecule has 0 atom stereocenters. The molecule has 0 aliphatic carbocycles. The van der Waals surface area contributed by atoms with E-state index in [0.717, 1.165) is 5.56 Å². The molecular weight excluding hydrogens is 388 g/mol. The number of aromatic nitrogens is 3. The third-order valence-electron chi connectivity index (χ3n) is 4.56. The average molecular weight is 406 g/mol. The zero-order valence-corrected chi connectivity index (χ0v) is 16.6. The highest BCUT2D eigenvalue weighted by atomic mass is 32.2. The van der Waals surface area contributed by atoms with Crippen molar-refractivity contribution in [2.75, 3.05) is 4.72 Å². The Morgan fingerprint density at radius 1 is 0.897 bits per heavy atom. The number of anilines is 1. The third kappa shape index (κ3) is 3.74. The van der Waals surface area contributed by atoms with Gasteiger partial charge < -0.3 is 4.52 Å². The van der Waals surface area contributed by atoms with Crippen molar-refractivity contribution >= 4 is 15.9 Å². The summed E-state index contributed by atoms with van der Waals surface area (Å²) in [7, 11) is -3.97. The van der Waals surface area contributed by atoms with Crippen molar-refractivity contribution in [1.82, 2.24) is 15.1 Å². The number of rotatable bonds is 5. The highest BCUT2D eigenvalue weighted by Crippen LogP contribution is 2.32. The number of sulfonamides is 1. The number of nitrogens with zero attached hydrogens (tertiary/aromatic N) is 3. The number of aryl methyl sites for hydroxylation is 1. The molecule has 4 rings (SSSR count). The van der Waals surface area contributed by atoms with E-state index >= 15 is 0 Å². The van der Waals surface area contributed by atoms with Gasteiger partial charge in [-0.25, -0.2) is 23.1 Å². The molecule has 0 saturated heterocycles. The predicted molar refractivity (Wildman–Crippen MR) is 110 cm³/mol. The molecule has 0 radical (unpaired) electrons. The number of hydrogen-bond acceptors (Lipinski definition) is 6. The monoisotopic (exact) mass is 406 g/mol. The molecule has 0 fully saturated rings. The van der Waals surface area contributed by atoms with Gasteiger partial charge >= 0.3 is 0 Å². The summed E-state index contributed by atoms with van der Waals surface area (Å²) in [5, 5.41) is 3.82. The van der Waals surface area contributed by atoms with Crippen LogP contribution in [0.1, 0.15) is 11.3 Å². The van der Waals surface area contributed by atoms with Crippen molar-refractivity contribution in [3.63, 3.8) is 0 Å². The zero-order chi connectivity index (χ0) is 20.4. The Hall–Kier alpha value is -3.52. The first-order valence-corrected chi connectivity index (χ1v) is 10.4. The van der Waals surface area contributed by atoms with Gasteiger partial charge in [-0.3, -0.25) is 0 Å². The molecule has 0 aliphatic heterocycles. The van der Waals surface area contributed by atoms with E-state index in [1.54, 1.807) is 50.5 Å². The molecule has 8 heteroatoms. The fourth-order valence-electron chi connectivity index (χ4n) is 2.88. The fourth-order valence-corrected chi connectivity index (χ4v) is 4.18. The van der Waals surface area contributed by atoms with E-state index in [1.165, 1.54) is 0 Å². The van der Waals surface area contributed by atoms with Crippen LogP contribution in [-0.2, 0) is 10.0 Å². The van der Waals surface area contributed by atoms with Gasteiger partial charge in [-0.05, 0) is 31.5 Å². The third-order valence-corrected chi connectivity index (χ3v) is 5.94. The van der Waals surface area contributed by atoms with Crippen LogP contribution >= 0.6 is 0 Å². The molecule has 2 aromatic heterocycles. The summed E-state index contributed by atoms with van der Waals surface area (Å²) in [6.45, 7) is 3.50. The molecular formula is C21H18N4O3S. The molecule has 0 bridgehead atoms. The minimum absolute atomic E-state index is 0.0992. The van der Waals surface area contributed by atoms with E-state index in [-0.39, 0.29) is 10.8 Å². The first kappa shape index (κ1) is 18.8. The quantitative estimate of drug-likeness (QED) is 0.533. The SMILES string of the molecule is Cc1noc(NS(=O)(=O)c2cc(-c3ncccn3)ccc2-c2ccccc2)c1C. The van der Waals surface area contributed by atoms with Crippen LogP contribution in [0.15, 0.2) is 76.4 Å². The van der Waals surface area contributed by atoms with Crippen LogP contribution in [0, 0.1) is 13.8 Å². The molecule has 1 N–H and O–H groups in total. The molecule has 4 aromatic rings. The summed E-state index contributed by atoms with van der Waals surface area (Å²) in [5.41, 5.74) is 3.19. The Bertz CT molecular complexity index is 1250. The molecule has 0 aliphatic rings. The first-order valence-electron chi connectivity index (χ1n) is 8.88. The average Bonchev–Trinajstić information content (AvgIpc) is 3.06. The van der Waals surface area contributed by atoms with Crippen LogP contribution in [0.2, 0.25) is 0 Å². The van der Waals surface area contributed by atoms with Crippen LogP contribution in [-0.4, -0.2) is 23.5 Å². The minimum atomic E-state index is -3.97. The molecule has 146 valence electrons. The number of hydrogen-bond donors (Lipinski definition) is 1. The summed E-state index contributed by atoms with van der Waals surface area (Å²) < 4.78 is 34.3. The van der Waals surface area contributed by atoms with Gasteiger partial charge in [0.05, 0.1) is 10.6 Å². The molecule has 0 saturated carbocycles. The Morgan fingerprint density at radius 2 is 1.62 bits per heavy atom. The van der Waals surface area contributed by atoms with Crippen molar-refractivity contribution in [2.45, 2.75) is 18.7 Å². The van der Waals surface area contributed by atoms with E-state index in [2.05, 4.69) is 19.8 Å². The Balaban J connectivity index is 1.87. The molecule has 0 spiro atoms. The smallest absolute Gasteiger partial charge is 0.264 e. The van der Waals surface area contributed by atoms with E-state index in [0.29, 0.717) is 28.2 Å². The lowest BCUT2D eigenvalue weighted by Gasteiger charge is -2.13. The summed E-state index contributed by atoms with van der Waals surface area (Å²) in [6, 6.07) is 16.1. The van der Waals surface area contributed by atoms with Gasteiger partial charge in [0.1, 0.15) is 0 Å². The normalized spacial score (nSPS) is 11.4. The van der Waals surface area contributed by atoms with E-state index in [4.69, 9.17) is 4.52 Å². The van der Waals surface area contributed by atoms with Crippen molar-refractivity contribution < 1.29 is 12.9 Å². The van der Waals surface area contributed by atoms with Crippen molar-refractivity contribution in [1.29, 1.82) is 0 Å². The van der Waals surface area contributed by atoms with Crippen LogP contribution < -0.4 is 4.72 Å². The van der Waals surface area contributed by atoms with Crippen LogP contribution in [0.5, 0.6) is 0 Å². The van der Waals surface area contributed by atoms with Crippen LogP contribution in [0.25, 0.3) is 22.5 Å². The van der Waals surface area contributed by atoms with Gasteiger partial charge in [0, 0.05) is 29.1 Å². The van der Waals surface area contributed by atoms with Crippen molar-refractivity contribution in [3.8, 4) is 22.5 Å². The second-order valence-corrected chi connectivity index (χ2v) is 8.13. The zero-order valence-electron chi connectivity index (χ0n) is 15.8. The summed E-state index contributed by atoms with van der Waals surface area (Å²) in [6.07, 6.45) is 3.22. The maximum atomic E-state index is 13.3. The van der Waals surface area contributed by atoms with E-state index in [9.17, 15) is 8.42 Å². The van der Waals surface area contributed by atoms with Gasteiger partial charge in [-0.1, -0.05) is 47.6 Å². The lowest BCUT2D eigenvalue weighted by Crippen LogP contribution is -2.14. The molecule has 7 nitrogen and oxygen atoms in total. The lowest BCUT2D eigenvalue weighted by molar-refractivity contribution is 0.430. The van der Waals surface area contributed by atoms with Crippen LogP contribution in [0.4, 0.5) is 5.88 Å². The predicted octanol–water partition coefficient (Wildman–Crippen LogP) is 4.22. The highest BCUT2D eigenvalue weighted by molar-refractivity contribution is 7.92. The topological polar surface area (TPSA) is 98.0 Å². The fraction of sp³-hybridized carbons (Fsp3) is 0.0952. The maximum absolute atomic E-state index is 13.3. The second kappa shape index (κ2) is 7.48. The first-order chi connectivity index (χ1) is 14.0. The number of nitrogens with one attached hydrogen (secondary N) is 1. The van der Waals surface area contributed by atoms with Gasteiger partial charge in [0.2, 0.25) is 5.88 Å². The molecule has 0 unspecified atom stereocenters. The Labute approximate surface area is 168 Å². The summed E-state index contributed by atoms with van der Waals surface area (Å²) in [5.74, 6) is 0.540. The molecule has 0 amide bonds. The van der Waals surface area contributed by atoms with Gasteiger partial charge in [0.15, 0.2) is 5.82 Å². The van der Waals surface area contributed by atoms with E-state index < -0.39 is 10.0 Å². The highest BCUT2D eigenvalue weighted by Gasteiger charge is 2.24. The molecule has 2 aromatic carbocycles. The van der Waals surface area contributed by atoms with E-state index in [1.807, 2.05) is 30.3 Å². The van der Waals surface area contributed by atoms with Gasteiger partial charge in [-0.2, -0.15) is 0 Å². The van der Waals surface area contributed by atoms with Crippen molar-refractivity contribution in [3.05, 3.63) is 78.2 Å². The Morgan fingerprint density at radius 3 is 2.28 bits per heavy atom. The standard InChI is InChI=1S/C21H18N4O3S/c1-14-15(2)24-28-21(14)25-29(26,27)19-13-17(20-22-11-6-12-23-20)9-10-18(19)16-7-4-3-5-8-16/h3-13,25H,1-2H3. The molecule has 29 heavy (non-hydrogen) atoms. The summed E-state index contributed by atoms with van der Waals surface area (Å²) >= 11 is 0. The van der Waals surface area contributed by atoms with Crippen LogP contribution in [0.3, 0.4) is 0 Å². The summed E-state index contributed by atoms with van der Waals surface area (Å²) in [4.78, 5) is 8.54. The minimum Gasteiger partial charge on any atom is -0.337 e. The van der Waals surface area contributed by atoms with Gasteiger partial charge in [0.25, 0.3) is 10.0 Å². The second-order valence-electron chi connectivity index (χ2n) is 6.48. The van der Waals surface area contributed by atoms with Crippen molar-refractivity contribution in [2.24, 2.45) is 0 Å². The Kier molecular flexibility index (Phi) is 4.85. The lowest BCUT2D eigenvalue weighted by atomic mass is 10.0. The molecule has 2 heterocycles. The van der Waals surface area contributed by atoms with Gasteiger partial charge in [-0.15, -0.1) is 0 Å². The largest absolute Gasteiger partial charge is 0.337 e. The maximum Gasteiger partial charge on any atom is 0.264 e. The number of benzene rings is 2.